The molecule has 2 fully saturated rings. The largest absolute Gasteiger partial charge is 0.508 e. The van der Waals surface area contributed by atoms with Crippen LogP contribution in [-0.4, -0.2) is 88.0 Å². The number of rotatable bonds is 5. The molecule has 1 saturated carbocycles. The highest BCUT2D eigenvalue weighted by atomic mass is 19.1. The lowest BCUT2D eigenvalue weighted by Gasteiger charge is -2.51. The van der Waals surface area contributed by atoms with E-state index < -0.39 is 63.9 Å². The van der Waals surface area contributed by atoms with E-state index in [0.717, 1.165) is 20.1 Å². The van der Waals surface area contributed by atoms with E-state index in [4.69, 9.17) is 10.5 Å². The Balaban J connectivity index is 1.69. The minimum absolute atomic E-state index is 0.0129. The van der Waals surface area contributed by atoms with Crippen LogP contribution in [0.1, 0.15) is 36.5 Å². The summed E-state index contributed by atoms with van der Waals surface area (Å²) in [5, 5.41) is 33.3. The highest BCUT2D eigenvalue weighted by molar-refractivity contribution is 6.24. The molecule has 5 N–H and O–H groups in total. The number of hydrogen-bond donors (Lipinski definition) is 4. The van der Waals surface area contributed by atoms with Crippen molar-refractivity contribution in [2.45, 2.75) is 50.4 Å². The third-order valence-corrected chi connectivity index (χ3v) is 8.85. The van der Waals surface area contributed by atoms with Gasteiger partial charge in [-0.05, 0) is 52.3 Å². The van der Waals surface area contributed by atoms with Crippen LogP contribution in [-0.2, 0) is 32.1 Å². The number of aliphatic hydroxyl groups excluding tert-OH is 2. The summed E-state index contributed by atoms with van der Waals surface area (Å²) in [6, 6.07) is 0.505. The predicted octanol–water partition coefficient (Wildman–Crippen LogP) is 1.35. The van der Waals surface area contributed by atoms with Gasteiger partial charge in [-0.25, -0.2) is 4.39 Å². The third kappa shape index (κ3) is 3.38. The van der Waals surface area contributed by atoms with Crippen LogP contribution in [0.4, 0.5) is 4.39 Å². The number of benzene rings is 1. The fourth-order valence-corrected chi connectivity index (χ4v) is 6.81. The maximum absolute atomic E-state index is 15.8. The van der Waals surface area contributed by atoms with Crippen molar-refractivity contribution >= 4 is 23.2 Å². The predicted molar refractivity (Wildman–Crippen MR) is 133 cm³/mol. The number of aromatic hydroxyl groups is 1. The number of aliphatic hydroxyl groups is 2. The van der Waals surface area contributed by atoms with Crippen LogP contribution >= 0.6 is 0 Å². The number of halogens is 1. The number of fused-ring (bicyclic) bond motifs is 3. The lowest BCUT2D eigenvalue weighted by atomic mass is 9.57. The normalized spacial score (nSPS) is 31.2. The second kappa shape index (κ2) is 8.89. The van der Waals surface area contributed by atoms with Crippen molar-refractivity contribution in [1.29, 1.82) is 0 Å². The van der Waals surface area contributed by atoms with Crippen LogP contribution < -0.4 is 5.73 Å². The number of phenols is 1. The first-order valence-electron chi connectivity index (χ1n) is 12.6. The van der Waals surface area contributed by atoms with Gasteiger partial charge in [0, 0.05) is 48.9 Å². The summed E-state index contributed by atoms with van der Waals surface area (Å²) in [5.74, 6) is -6.93. The number of ketones is 2. The first kappa shape index (κ1) is 26.3. The molecule has 38 heavy (non-hydrogen) atoms. The van der Waals surface area contributed by atoms with Gasteiger partial charge in [0.25, 0.3) is 5.91 Å². The maximum Gasteiger partial charge on any atom is 0.255 e. The highest BCUT2D eigenvalue weighted by Crippen LogP contribution is 2.54. The van der Waals surface area contributed by atoms with Gasteiger partial charge < -0.3 is 25.8 Å². The van der Waals surface area contributed by atoms with Crippen LogP contribution in [0.2, 0.25) is 0 Å². The highest BCUT2D eigenvalue weighted by Gasteiger charge is 2.65. The summed E-state index contributed by atoms with van der Waals surface area (Å²) in [4.78, 5) is 43.2. The van der Waals surface area contributed by atoms with Crippen molar-refractivity contribution < 1.29 is 38.8 Å². The molecule has 0 bridgehead atoms. The maximum atomic E-state index is 15.8. The van der Waals surface area contributed by atoms with E-state index in [1.807, 2.05) is 6.92 Å². The Labute approximate surface area is 219 Å². The third-order valence-electron chi connectivity index (χ3n) is 8.85. The minimum Gasteiger partial charge on any atom is -0.508 e. The lowest BCUT2D eigenvalue weighted by molar-refractivity contribution is -0.159. The first-order valence-corrected chi connectivity index (χ1v) is 12.6. The van der Waals surface area contributed by atoms with Gasteiger partial charge in [-0.3, -0.25) is 24.2 Å². The molecule has 0 aromatic heterocycles. The molecular weight excluding hydrogens is 497 g/mol. The number of nitrogens with zero attached hydrogens (tertiary/aromatic N) is 2. The average Bonchev–Trinajstić information content (AvgIpc) is 2.83. The van der Waals surface area contributed by atoms with Gasteiger partial charge in [0.05, 0.1) is 11.6 Å². The number of phenolic OH excluding ortho intramolecular Hbond substituents is 1. The number of amides is 1. The van der Waals surface area contributed by atoms with Gasteiger partial charge in [-0.1, -0.05) is 0 Å². The van der Waals surface area contributed by atoms with E-state index in [1.165, 1.54) is 11.0 Å². The monoisotopic (exact) mass is 529 g/mol. The zero-order valence-corrected chi connectivity index (χ0v) is 21.7. The van der Waals surface area contributed by atoms with Crippen molar-refractivity contribution in [2.24, 2.45) is 17.6 Å². The first-order chi connectivity index (χ1) is 17.9. The molecule has 1 aliphatic heterocycles. The van der Waals surface area contributed by atoms with Crippen LogP contribution in [0.25, 0.3) is 5.76 Å². The number of carbonyl (C=O) groups excluding carboxylic acids is 3. The second-order valence-corrected chi connectivity index (χ2v) is 11.0. The summed E-state index contributed by atoms with van der Waals surface area (Å²) in [6.07, 6.45) is 1.04. The molecule has 204 valence electrons. The van der Waals surface area contributed by atoms with Gasteiger partial charge in [-0.15, -0.1) is 0 Å². The van der Waals surface area contributed by atoms with Gasteiger partial charge in [0.2, 0.25) is 5.78 Å². The van der Waals surface area contributed by atoms with Crippen molar-refractivity contribution in [3.05, 3.63) is 45.5 Å². The molecule has 0 spiro atoms. The standard InChI is InChI=1S/C27H32FN3O7/c1-11-5-6-31(11)10-13-9-16(32)18-14(20(13)28)7-12-8-15-21(30(2)3)23(34)19(26(29)37)25(36)27(15,38-4)24(35)17(12)22(18)33/h9,11-12,15,21,32-33,36H,5-8,10H2,1-4H3,(H2,29,37)/t11?,12-,15-,21-,27-/m0/s1. The molecule has 5 atom stereocenters. The van der Waals surface area contributed by atoms with Crippen LogP contribution in [0, 0.1) is 17.7 Å². The molecule has 11 heteroatoms. The molecule has 0 radical (unpaired) electrons. The molecule has 1 aromatic rings. The minimum atomic E-state index is -2.17. The molecule has 1 aromatic carbocycles. The summed E-state index contributed by atoms with van der Waals surface area (Å²) in [5.41, 5.74) is 2.57. The molecule has 4 aliphatic rings. The lowest BCUT2D eigenvalue weighted by Crippen LogP contribution is -2.66. The van der Waals surface area contributed by atoms with E-state index in [1.54, 1.807) is 14.1 Å². The van der Waals surface area contributed by atoms with Crippen LogP contribution in [0.5, 0.6) is 5.75 Å². The fourth-order valence-electron chi connectivity index (χ4n) is 6.81. The average molecular weight is 530 g/mol. The Morgan fingerprint density at radius 3 is 2.50 bits per heavy atom. The molecular formula is C27H32FN3O7. The molecule has 5 rings (SSSR count). The smallest absolute Gasteiger partial charge is 0.255 e. The van der Waals surface area contributed by atoms with E-state index in [-0.39, 0.29) is 35.3 Å². The van der Waals surface area contributed by atoms with Crippen molar-refractivity contribution in [2.75, 3.05) is 27.7 Å². The number of primary amides is 1. The van der Waals surface area contributed by atoms with E-state index >= 15 is 4.39 Å². The number of likely N-dealkylation sites (tertiary alicyclic amines) is 1. The van der Waals surface area contributed by atoms with Gasteiger partial charge in [0.1, 0.15) is 28.7 Å². The van der Waals surface area contributed by atoms with Crippen molar-refractivity contribution in [3.63, 3.8) is 0 Å². The van der Waals surface area contributed by atoms with Gasteiger partial charge >= 0.3 is 0 Å². The van der Waals surface area contributed by atoms with Gasteiger partial charge in [-0.2, -0.15) is 0 Å². The Hall–Kier alpha value is -3.28. The fraction of sp³-hybridized carbons (Fsp3) is 0.519. The number of ether oxygens (including phenoxy) is 1. The number of nitrogens with two attached hydrogens (primary N) is 1. The Bertz CT molecular complexity index is 1340. The number of hydrogen-bond acceptors (Lipinski definition) is 9. The SMILES string of the molecule is CO[C@]12C(=O)C3=C(O)c4c(O)cc(CN5CCC5C)c(F)c4C[C@H]3C[C@H]1[C@H](N(C)C)C(=O)C(C(N)=O)=C2O. The molecule has 3 aliphatic carbocycles. The molecule has 1 amide bonds. The Morgan fingerprint density at radius 1 is 1.29 bits per heavy atom. The summed E-state index contributed by atoms with van der Waals surface area (Å²) in [6.45, 7) is 3.15. The molecule has 10 nitrogen and oxygen atoms in total. The summed E-state index contributed by atoms with van der Waals surface area (Å²) in [7, 11) is 4.35. The zero-order valence-electron chi connectivity index (χ0n) is 21.7. The van der Waals surface area contributed by atoms with Crippen LogP contribution in [0.15, 0.2) is 23.0 Å². The van der Waals surface area contributed by atoms with E-state index in [0.29, 0.717) is 18.2 Å². The summed E-state index contributed by atoms with van der Waals surface area (Å²) < 4.78 is 21.4. The quantitative estimate of drug-likeness (QED) is 0.414. The molecule has 1 saturated heterocycles. The second-order valence-electron chi connectivity index (χ2n) is 11.0. The number of likely N-dealkylation sites (N-methyl/N-ethyl adjacent to an activating group) is 1. The van der Waals surface area contributed by atoms with E-state index in [9.17, 15) is 29.7 Å². The van der Waals surface area contributed by atoms with Crippen molar-refractivity contribution in [1.82, 2.24) is 9.80 Å². The zero-order chi connectivity index (χ0) is 27.8. The van der Waals surface area contributed by atoms with E-state index in [2.05, 4.69) is 4.90 Å². The number of carbonyl (C=O) groups is 3. The Kier molecular flexibility index (Phi) is 6.16. The van der Waals surface area contributed by atoms with Crippen molar-refractivity contribution in [3.8, 4) is 5.75 Å². The Morgan fingerprint density at radius 2 is 1.97 bits per heavy atom. The summed E-state index contributed by atoms with van der Waals surface area (Å²) >= 11 is 0. The van der Waals surface area contributed by atoms with Crippen LogP contribution in [0.3, 0.4) is 0 Å². The topological polar surface area (TPSA) is 154 Å². The molecule has 1 heterocycles. The number of methoxy groups -OCH3 is 1. The van der Waals surface area contributed by atoms with Gasteiger partial charge in [0.15, 0.2) is 11.4 Å². The molecule has 1 unspecified atom stereocenters. The number of Topliss-reactive ketones (excluding diaryl/α,β-unsaturated/α-hetero) is 2.